The second kappa shape index (κ2) is 6.68. The van der Waals surface area contributed by atoms with E-state index in [2.05, 4.69) is 0 Å². The molecule has 0 radical (unpaired) electrons. The number of nitrogens with zero attached hydrogens (tertiary/aromatic N) is 2. The van der Waals surface area contributed by atoms with Gasteiger partial charge in [0.2, 0.25) is 11.5 Å². The first kappa shape index (κ1) is 17.4. The lowest BCUT2D eigenvalue weighted by Crippen LogP contribution is -2.28. The Morgan fingerprint density at radius 1 is 1.46 bits per heavy atom. The Kier molecular flexibility index (Phi) is 4.85. The van der Waals surface area contributed by atoms with Crippen molar-refractivity contribution < 1.29 is 28.3 Å². The summed E-state index contributed by atoms with van der Waals surface area (Å²) in [6.07, 6.45) is 0.954. The van der Waals surface area contributed by atoms with Crippen molar-refractivity contribution in [2.24, 2.45) is 0 Å². The zero-order valence-electron chi connectivity index (χ0n) is 13.3. The molecule has 7 nitrogen and oxygen atoms in total. The van der Waals surface area contributed by atoms with E-state index in [9.17, 15) is 14.0 Å². The number of halogens is 1. The number of benzene rings is 1. The first-order chi connectivity index (χ1) is 11.3. The summed E-state index contributed by atoms with van der Waals surface area (Å²) in [5.41, 5.74) is 0.343. The van der Waals surface area contributed by atoms with Crippen molar-refractivity contribution in [3.05, 3.63) is 47.0 Å². The van der Waals surface area contributed by atoms with Crippen LogP contribution in [0.15, 0.2) is 30.0 Å². The molecular formula is C16H15FN2O5. The van der Waals surface area contributed by atoms with E-state index in [4.69, 9.17) is 19.6 Å². The highest BCUT2D eigenvalue weighted by Gasteiger charge is 2.38. The highest BCUT2D eigenvalue weighted by molar-refractivity contribution is 5.97. The molecule has 0 atom stereocenters. The standard InChI is InChI=1S/C16H15FN2O5/c1-16(2)23-13(15(21)24-16)7-14(20)19(22-3)9-10-4-5-12(17)11(6-10)8-18/h4-7H,9H2,1-3H3/b13-7-. The molecule has 1 heterocycles. The summed E-state index contributed by atoms with van der Waals surface area (Å²) in [4.78, 5) is 28.8. The molecule has 1 aromatic carbocycles. The minimum atomic E-state index is -1.14. The zero-order chi connectivity index (χ0) is 17.9. The SMILES string of the molecule is CON(Cc1ccc(F)c(C#N)c1)C(=O)/C=C1\OC(C)(C)OC1=O. The van der Waals surface area contributed by atoms with Gasteiger partial charge < -0.3 is 9.47 Å². The molecule has 24 heavy (non-hydrogen) atoms. The Morgan fingerprint density at radius 2 is 2.17 bits per heavy atom. The van der Waals surface area contributed by atoms with Crippen molar-refractivity contribution in [3.63, 3.8) is 0 Å². The lowest BCUT2D eigenvalue weighted by atomic mass is 10.1. The van der Waals surface area contributed by atoms with Gasteiger partial charge in [0.15, 0.2) is 0 Å². The van der Waals surface area contributed by atoms with Gasteiger partial charge in [-0.2, -0.15) is 5.26 Å². The molecule has 0 spiro atoms. The number of hydrogen-bond donors (Lipinski definition) is 0. The fourth-order valence-corrected chi connectivity index (χ4v) is 2.03. The van der Waals surface area contributed by atoms with E-state index < -0.39 is 23.5 Å². The van der Waals surface area contributed by atoms with Crippen molar-refractivity contribution in [1.82, 2.24) is 5.06 Å². The summed E-state index contributed by atoms with van der Waals surface area (Å²) >= 11 is 0. The van der Waals surface area contributed by atoms with Gasteiger partial charge in [-0.1, -0.05) is 6.07 Å². The summed E-state index contributed by atoms with van der Waals surface area (Å²) in [6, 6.07) is 5.58. The molecule has 2 rings (SSSR count). The predicted octanol–water partition coefficient (Wildman–Crippen LogP) is 1.78. The van der Waals surface area contributed by atoms with Crippen LogP contribution in [0.1, 0.15) is 25.0 Å². The Morgan fingerprint density at radius 3 is 2.71 bits per heavy atom. The number of ether oxygens (including phenoxy) is 2. The monoisotopic (exact) mass is 334 g/mol. The molecular weight excluding hydrogens is 319 g/mol. The van der Waals surface area contributed by atoms with Gasteiger partial charge in [0.05, 0.1) is 25.3 Å². The first-order valence-electron chi connectivity index (χ1n) is 6.94. The van der Waals surface area contributed by atoms with E-state index in [1.807, 2.05) is 0 Å². The lowest BCUT2D eigenvalue weighted by Gasteiger charge is -2.18. The first-order valence-corrected chi connectivity index (χ1v) is 6.94. The van der Waals surface area contributed by atoms with E-state index in [0.717, 1.165) is 17.2 Å². The fourth-order valence-electron chi connectivity index (χ4n) is 2.03. The third-order valence-electron chi connectivity index (χ3n) is 3.09. The van der Waals surface area contributed by atoms with Crippen molar-refractivity contribution >= 4 is 11.9 Å². The summed E-state index contributed by atoms with van der Waals surface area (Å²) in [5, 5.41) is 9.77. The van der Waals surface area contributed by atoms with Crippen LogP contribution >= 0.6 is 0 Å². The van der Waals surface area contributed by atoms with E-state index in [1.54, 1.807) is 6.07 Å². The van der Waals surface area contributed by atoms with Crippen molar-refractivity contribution in [3.8, 4) is 6.07 Å². The molecule has 0 unspecified atom stereocenters. The van der Waals surface area contributed by atoms with Crippen LogP contribution in [0.25, 0.3) is 0 Å². The smallest absolute Gasteiger partial charge is 0.377 e. The summed E-state index contributed by atoms with van der Waals surface area (Å²) < 4.78 is 23.5. The lowest BCUT2D eigenvalue weighted by molar-refractivity contribution is -0.173. The molecule has 126 valence electrons. The fraction of sp³-hybridized carbons (Fsp3) is 0.312. The van der Waals surface area contributed by atoms with Crippen LogP contribution < -0.4 is 0 Å². The van der Waals surface area contributed by atoms with Gasteiger partial charge in [-0.25, -0.2) is 14.2 Å². The normalized spacial score (nSPS) is 17.1. The Hall–Kier alpha value is -2.92. The van der Waals surface area contributed by atoms with Crippen LogP contribution in [0, 0.1) is 17.1 Å². The average Bonchev–Trinajstić information content (AvgIpc) is 2.78. The van der Waals surface area contributed by atoms with E-state index in [0.29, 0.717) is 5.56 Å². The van der Waals surface area contributed by atoms with Crippen molar-refractivity contribution in [2.75, 3.05) is 7.11 Å². The van der Waals surface area contributed by atoms with Gasteiger partial charge in [0.1, 0.15) is 11.9 Å². The average molecular weight is 334 g/mol. The molecule has 0 aromatic heterocycles. The van der Waals surface area contributed by atoms with Crippen LogP contribution in [0.5, 0.6) is 0 Å². The molecule has 1 saturated heterocycles. The summed E-state index contributed by atoms with van der Waals surface area (Å²) in [6.45, 7) is 3.02. The number of carbonyl (C=O) groups excluding carboxylic acids is 2. The number of carbonyl (C=O) groups is 2. The molecule has 0 saturated carbocycles. The molecule has 1 aromatic rings. The number of hydroxylamine groups is 2. The van der Waals surface area contributed by atoms with Gasteiger partial charge in [0, 0.05) is 13.8 Å². The van der Waals surface area contributed by atoms with Gasteiger partial charge >= 0.3 is 5.97 Å². The van der Waals surface area contributed by atoms with Gasteiger partial charge in [-0.3, -0.25) is 9.63 Å². The Labute approximate surface area is 137 Å². The van der Waals surface area contributed by atoms with Crippen molar-refractivity contribution in [1.29, 1.82) is 5.26 Å². The molecule has 0 N–H and O–H groups in total. The minimum Gasteiger partial charge on any atom is -0.445 e. The molecule has 1 amide bonds. The summed E-state index contributed by atoms with van der Waals surface area (Å²) in [7, 11) is 1.27. The second-order valence-corrected chi connectivity index (χ2v) is 5.38. The molecule has 1 aliphatic heterocycles. The number of amides is 1. The van der Waals surface area contributed by atoms with Crippen LogP contribution in [0.4, 0.5) is 4.39 Å². The maximum absolute atomic E-state index is 13.3. The van der Waals surface area contributed by atoms with Gasteiger partial charge in [-0.15, -0.1) is 0 Å². The van der Waals surface area contributed by atoms with E-state index >= 15 is 0 Å². The van der Waals surface area contributed by atoms with Crippen LogP contribution in [0.2, 0.25) is 0 Å². The number of rotatable bonds is 4. The Bertz CT molecular complexity index is 751. The highest BCUT2D eigenvalue weighted by atomic mass is 19.1. The highest BCUT2D eigenvalue weighted by Crippen LogP contribution is 2.26. The molecule has 0 aliphatic carbocycles. The molecule has 1 aliphatic rings. The van der Waals surface area contributed by atoms with Crippen LogP contribution in [-0.4, -0.2) is 29.8 Å². The number of cyclic esters (lactones) is 1. The Balaban J connectivity index is 2.16. The molecule has 8 heteroatoms. The predicted molar refractivity (Wildman–Crippen MR) is 78.0 cm³/mol. The third-order valence-corrected chi connectivity index (χ3v) is 3.09. The van der Waals surface area contributed by atoms with Crippen molar-refractivity contribution in [2.45, 2.75) is 26.2 Å². The maximum atomic E-state index is 13.3. The van der Waals surface area contributed by atoms with Gasteiger partial charge in [0.25, 0.3) is 5.91 Å². The quantitative estimate of drug-likeness (QED) is 0.474. The maximum Gasteiger partial charge on any atom is 0.377 e. The van der Waals surface area contributed by atoms with Crippen LogP contribution in [0.3, 0.4) is 0 Å². The third kappa shape index (κ3) is 3.88. The number of esters is 1. The molecule has 0 bridgehead atoms. The number of nitriles is 1. The van der Waals surface area contributed by atoms with E-state index in [1.165, 1.54) is 33.1 Å². The molecule has 1 fully saturated rings. The van der Waals surface area contributed by atoms with Gasteiger partial charge in [-0.05, 0) is 17.7 Å². The largest absolute Gasteiger partial charge is 0.445 e. The topological polar surface area (TPSA) is 88.9 Å². The zero-order valence-corrected chi connectivity index (χ0v) is 13.3. The number of hydrogen-bond acceptors (Lipinski definition) is 6. The second-order valence-electron chi connectivity index (χ2n) is 5.38. The van der Waals surface area contributed by atoms with Crippen LogP contribution in [-0.2, 0) is 30.4 Å². The summed E-state index contributed by atoms with van der Waals surface area (Å²) in [5.74, 6) is -3.44. The minimum absolute atomic E-state index is 0.0491. The van der Waals surface area contributed by atoms with E-state index in [-0.39, 0.29) is 17.9 Å².